The van der Waals surface area contributed by atoms with Gasteiger partial charge in [0, 0.05) is 23.5 Å². The van der Waals surface area contributed by atoms with Gasteiger partial charge in [0.2, 0.25) is 5.66 Å². The molecule has 224 valence electrons. The van der Waals surface area contributed by atoms with Gasteiger partial charge < -0.3 is 9.11 Å². The van der Waals surface area contributed by atoms with E-state index in [9.17, 15) is 25.9 Å². The van der Waals surface area contributed by atoms with E-state index in [1.165, 1.54) is 36.7 Å². The summed E-state index contributed by atoms with van der Waals surface area (Å²) in [6.07, 6.45) is 6.96. The summed E-state index contributed by atoms with van der Waals surface area (Å²) >= 11 is 0. The van der Waals surface area contributed by atoms with Crippen molar-refractivity contribution in [3.05, 3.63) is 127 Å². The molecule has 0 N–H and O–H groups in total. The molecular weight excluding hydrogens is 683 g/mol. The first-order valence-electron chi connectivity index (χ1n) is 13.3. The van der Waals surface area contributed by atoms with Crippen LogP contribution in [0.5, 0.6) is 0 Å². The predicted molar refractivity (Wildman–Crippen MR) is 159 cm³/mol. The van der Waals surface area contributed by atoms with Gasteiger partial charge in [0.05, 0.1) is 12.4 Å². The van der Waals surface area contributed by atoms with Crippen molar-refractivity contribution in [3.63, 3.8) is 0 Å². The minimum Gasteiger partial charge on any atom is -0.747 e. The minimum atomic E-state index is -5.87. The number of allylic oxidation sites excluding steroid dienone is 3. The quantitative estimate of drug-likeness (QED) is 0.0952. The Labute approximate surface area is 351 Å². The molecular formula is C30H24K2N6O6S2. The van der Waals surface area contributed by atoms with Crippen molar-refractivity contribution in [1.82, 2.24) is 30.0 Å². The molecule has 0 amide bonds. The Morgan fingerprint density at radius 1 is 0.696 bits per heavy atom. The third-order valence-electron chi connectivity index (χ3n) is 7.54. The van der Waals surface area contributed by atoms with Crippen LogP contribution in [0.2, 0.25) is 0 Å². The van der Waals surface area contributed by atoms with Gasteiger partial charge in [-0.15, -0.1) is 9.59 Å². The molecule has 6 rings (SSSR count). The number of benzene rings is 3. The van der Waals surface area contributed by atoms with E-state index in [4.69, 9.17) is 0 Å². The first kappa shape index (κ1) is 37.3. The van der Waals surface area contributed by atoms with E-state index in [-0.39, 0.29) is 103 Å². The van der Waals surface area contributed by atoms with E-state index in [1.807, 2.05) is 12.1 Å². The normalized spacial score (nSPS) is 17.2. The molecule has 1 unspecified atom stereocenters. The van der Waals surface area contributed by atoms with Gasteiger partial charge in [0.15, 0.2) is 4.08 Å². The molecule has 0 radical (unpaired) electrons. The zero-order valence-electron chi connectivity index (χ0n) is 24.9. The molecule has 1 atom stereocenters. The average molecular weight is 707 g/mol. The largest absolute Gasteiger partial charge is 1.00 e. The van der Waals surface area contributed by atoms with E-state index >= 15 is 0 Å². The predicted octanol–water partition coefficient (Wildman–Crippen LogP) is -2.51. The molecule has 12 nitrogen and oxygen atoms in total. The molecule has 1 aliphatic carbocycles. The van der Waals surface area contributed by atoms with Crippen LogP contribution in [0.25, 0.3) is 28.6 Å². The van der Waals surface area contributed by atoms with Gasteiger partial charge in [-0.3, -0.25) is 0 Å². The summed E-state index contributed by atoms with van der Waals surface area (Å²) in [6.45, 7) is 0. The molecule has 5 aromatic rings. The van der Waals surface area contributed by atoms with Crippen LogP contribution in [0.15, 0.2) is 122 Å². The smallest absolute Gasteiger partial charge is 0.747 e. The van der Waals surface area contributed by atoms with Crippen molar-refractivity contribution < 1.29 is 129 Å². The molecule has 3 aromatic carbocycles. The van der Waals surface area contributed by atoms with Gasteiger partial charge in [-0.25, -0.2) is 16.8 Å². The first-order valence-corrected chi connectivity index (χ1v) is 16.2. The van der Waals surface area contributed by atoms with Crippen molar-refractivity contribution >= 4 is 26.3 Å². The maximum atomic E-state index is 13.1. The molecule has 0 spiro atoms. The number of aromatic nitrogens is 6. The van der Waals surface area contributed by atoms with Crippen molar-refractivity contribution in [1.29, 1.82) is 0 Å². The maximum Gasteiger partial charge on any atom is 1.00 e. The summed E-state index contributed by atoms with van der Waals surface area (Å²) in [7, 11) is -11.7. The second-order valence-electron chi connectivity index (χ2n) is 10.2. The summed E-state index contributed by atoms with van der Waals surface area (Å²) in [4.78, 5) is 2.06. The fourth-order valence-corrected chi connectivity index (χ4v) is 8.06. The second kappa shape index (κ2) is 15.0. The second-order valence-corrected chi connectivity index (χ2v) is 13.7. The number of hydrogen-bond acceptors (Lipinski definition) is 10. The molecule has 0 aliphatic heterocycles. The van der Waals surface area contributed by atoms with Crippen LogP contribution in [0.4, 0.5) is 0 Å². The topological polar surface area (TPSA) is 176 Å². The summed E-state index contributed by atoms with van der Waals surface area (Å²) in [5.74, 6) is -1.66. The van der Waals surface area contributed by atoms with Crippen molar-refractivity contribution in [2.75, 3.05) is 0 Å². The van der Waals surface area contributed by atoms with Crippen molar-refractivity contribution in [3.8, 4) is 22.5 Å². The van der Waals surface area contributed by atoms with E-state index in [2.05, 4.69) is 20.4 Å². The van der Waals surface area contributed by atoms with E-state index in [0.29, 0.717) is 28.1 Å². The molecule has 0 fully saturated rings. The maximum absolute atomic E-state index is 13.1. The zero-order chi connectivity index (χ0) is 31.0. The van der Waals surface area contributed by atoms with Crippen LogP contribution in [0.3, 0.4) is 0 Å². The van der Waals surface area contributed by atoms with Crippen LogP contribution in [0, 0.1) is 5.92 Å². The third kappa shape index (κ3) is 7.11. The van der Waals surface area contributed by atoms with E-state index in [1.54, 1.807) is 78.9 Å². The van der Waals surface area contributed by atoms with Crippen molar-refractivity contribution in [2.24, 2.45) is 5.92 Å². The molecule has 2 heterocycles. The summed E-state index contributed by atoms with van der Waals surface area (Å²) in [6, 6.07) is 26.5. The zero-order valence-corrected chi connectivity index (χ0v) is 32.7. The Balaban J connectivity index is 0.00000240. The van der Waals surface area contributed by atoms with E-state index in [0.717, 1.165) is 9.59 Å². The number of hydrogen-bond donors (Lipinski definition) is 0. The van der Waals surface area contributed by atoms with Crippen LogP contribution >= 0.6 is 0 Å². The number of nitrogens with zero attached hydrogens (tertiary/aromatic N) is 6. The Kier molecular flexibility index (Phi) is 12.1. The SMILES string of the molecule is O=S(=O)([O-])C1(S(=O)(=O)[O-])CC(n2ncc(-c3ccccc3)n2)(n2ncc(-c3ccccc3)n2)C=CC1C=Cc1ccccc1.[K+].[K+]. The summed E-state index contributed by atoms with van der Waals surface area (Å²) in [5.41, 5.74) is 0.609. The molecule has 0 saturated carbocycles. The van der Waals surface area contributed by atoms with Gasteiger partial charge in [-0.05, 0) is 11.6 Å². The monoisotopic (exact) mass is 706 g/mol. The van der Waals surface area contributed by atoms with Gasteiger partial charge in [0.1, 0.15) is 31.6 Å². The molecule has 2 aromatic heterocycles. The fourth-order valence-electron chi connectivity index (χ4n) is 5.30. The molecule has 0 saturated heterocycles. The van der Waals surface area contributed by atoms with Gasteiger partial charge in [-0.1, -0.05) is 109 Å². The number of rotatable bonds is 8. The van der Waals surface area contributed by atoms with E-state index < -0.39 is 42.3 Å². The van der Waals surface area contributed by atoms with Gasteiger partial charge in [-0.2, -0.15) is 20.4 Å². The van der Waals surface area contributed by atoms with Crippen LogP contribution < -0.4 is 103 Å². The van der Waals surface area contributed by atoms with Gasteiger partial charge >= 0.3 is 103 Å². The molecule has 1 aliphatic rings. The van der Waals surface area contributed by atoms with Crippen LogP contribution in [-0.4, -0.2) is 60.0 Å². The Hall–Kier alpha value is -1.49. The Morgan fingerprint density at radius 3 is 1.57 bits per heavy atom. The third-order valence-corrected chi connectivity index (χ3v) is 11.3. The van der Waals surface area contributed by atoms with Crippen LogP contribution in [-0.2, 0) is 25.9 Å². The average Bonchev–Trinajstić information content (AvgIpc) is 3.72. The fraction of sp³-hybridized carbons (Fsp3) is 0.133. The van der Waals surface area contributed by atoms with Gasteiger partial charge in [0.25, 0.3) is 0 Å². The van der Waals surface area contributed by atoms with Crippen molar-refractivity contribution in [2.45, 2.75) is 16.2 Å². The Bertz CT molecular complexity index is 1960. The summed E-state index contributed by atoms with van der Waals surface area (Å²) in [5, 5.41) is 17.7. The summed E-state index contributed by atoms with van der Waals surface area (Å²) < 4.78 is 75.1. The Morgan fingerprint density at radius 2 is 1.13 bits per heavy atom. The molecule has 46 heavy (non-hydrogen) atoms. The minimum absolute atomic E-state index is 0. The molecule has 16 heteroatoms. The molecule has 0 bridgehead atoms. The van der Waals surface area contributed by atoms with Crippen LogP contribution in [0.1, 0.15) is 12.0 Å². The first-order chi connectivity index (χ1) is 21.0. The standard InChI is InChI=1S/C30H26N6O6S2.2K/c37-43(38,39)30(44(40,41)42)22-29(19-18-26(30)17-16-23-10-4-1-5-11-23,35-31-20-27(33-35)24-12-6-2-7-13-24)36-32-21-28(34-36)25-14-8-3-9-15-25;;/h1-21,26H,22H2,(H,37,38,39)(H,40,41,42);;/q;2*+1/p-2.